The molecule has 1 aliphatic heterocycles. The van der Waals surface area contributed by atoms with Crippen molar-refractivity contribution in [2.24, 2.45) is 5.92 Å². The highest BCUT2D eigenvalue weighted by Gasteiger charge is 2.23. The molecule has 4 nitrogen and oxygen atoms in total. The molecule has 1 aromatic rings. The van der Waals surface area contributed by atoms with Crippen LogP contribution in [0.1, 0.15) is 12.0 Å². The maximum Gasteiger partial charge on any atom is 0.238 e. The van der Waals surface area contributed by atoms with Gasteiger partial charge >= 0.3 is 0 Å². The van der Waals surface area contributed by atoms with E-state index in [9.17, 15) is 4.79 Å². The van der Waals surface area contributed by atoms with Crippen LogP contribution >= 0.6 is 0 Å². The molecule has 0 saturated carbocycles. The summed E-state index contributed by atoms with van der Waals surface area (Å²) in [6.07, 6.45) is 0.980. The van der Waals surface area contributed by atoms with Crippen molar-refractivity contribution in [1.82, 2.24) is 4.90 Å². The van der Waals surface area contributed by atoms with Crippen molar-refractivity contribution in [2.75, 3.05) is 31.6 Å². The van der Waals surface area contributed by atoms with Crippen molar-refractivity contribution in [2.45, 2.75) is 13.3 Å². The van der Waals surface area contributed by atoms with Crippen LogP contribution in [0.5, 0.6) is 0 Å². The van der Waals surface area contributed by atoms with Crippen LogP contribution in [-0.2, 0) is 4.79 Å². The standard InChI is InChI=1S/C14H20N2O2/c1-11-2-4-13(5-3-11)15-14(18)9-16-7-6-12(8-16)10-17/h2-5,12,17H,6-10H2,1H3,(H,15,18). The van der Waals surface area contributed by atoms with Gasteiger partial charge in [-0.2, -0.15) is 0 Å². The molecule has 1 heterocycles. The van der Waals surface area contributed by atoms with E-state index in [0.29, 0.717) is 12.5 Å². The van der Waals surface area contributed by atoms with Crippen LogP contribution in [0.4, 0.5) is 5.69 Å². The number of rotatable bonds is 4. The van der Waals surface area contributed by atoms with Crippen LogP contribution < -0.4 is 5.32 Å². The molecule has 1 unspecified atom stereocenters. The van der Waals surface area contributed by atoms with Crippen LogP contribution in [-0.4, -0.2) is 42.2 Å². The second-order valence-corrected chi connectivity index (χ2v) is 4.99. The zero-order chi connectivity index (χ0) is 13.0. The minimum Gasteiger partial charge on any atom is -0.396 e. The summed E-state index contributed by atoms with van der Waals surface area (Å²) in [5.41, 5.74) is 2.02. The van der Waals surface area contributed by atoms with Crippen LogP contribution in [0.3, 0.4) is 0 Å². The third-order valence-electron chi connectivity index (χ3n) is 3.33. The fourth-order valence-electron chi connectivity index (χ4n) is 2.25. The van der Waals surface area contributed by atoms with Gasteiger partial charge < -0.3 is 10.4 Å². The van der Waals surface area contributed by atoms with Crippen LogP contribution in [0.15, 0.2) is 24.3 Å². The molecule has 1 amide bonds. The molecule has 2 rings (SSSR count). The molecular weight excluding hydrogens is 228 g/mol. The van der Waals surface area contributed by atoms with Gasteiger partial charge in [-0.05, 0) is 37.9 Å². The van der Waals surface area contributed by atoms with Crippen LogP contribution in [0, 0.1) is 12.8 Å². The van der Waals surface area contributed by atoms with Gasteiger partial charge in [-0.1, -0.05) is 17.7 Å². The number of hydrogen-bond acceptors (Lipinski definition) is 3. The van der Waals surface area contributed by atoms with E-state index >= 15 is 0 Å². The van der Waals surface area contributed by atoms with E-state index in [2.05, 4.69) is 10.2 Å². The quantitative estimate of drug-likeness (QED) is 0.843. The molecule has 1 aliphatic rings. The van der Waals surface area contributed by atoms with Gasteiger partial charge in [0, 0.05) is 18.8 Å². The van der Waals surface area contributed by atoms with E-state index in [-0.39, 0.29) is 12.5 Å². The van der Waals surface area contributed by atoms with Gasteiger partial charge in [0.05, 0.1) is 6.54 Å². The van der Waals surface area contributed by atoms with Crippen molar-refractivity contribution in [1.29, 1.82) is 0 Å². The summed E-state index contributed by atoms with van der Waals surface area (Å²) in [4.78, 5) is 13.9. The Morgan fingerprint density at radius 2 is 2.17 bits per heavy atom. The van der Waals surface area contributed by atoms with E-state index < -0.39 is 0 Å². The SMILES string of the molecule is Cc1ccc(NC(=O)CN2CCC(CO)C2)cc1. The summed E-state index contributed by atoms with van der Waals surface area (Å²) in [6.45, 7) is 4.36. The smallest absolute Gasteiger partial charge is 0.238 e. The molecular formula is C14H20N2O2. The number of nitrogens with one attached hydrogen (secondary N) is 1. The first-order valence-electron chi connectivity index (χ1n) is 6.37. The summed E-state index contributed by atoms with van der Waals surface area (Å²) < 4.78 is 0. The van der Waals surface area contributed by atoms with Gasteiger partial charge in [0.2, 0.25) is 5.91 Å². The van der Waals surface area contributed by atoms with E-state index in [1.54, 1.807) is 0 Å². The molecule has 2 N–H and O–H groups in total. The number of aliphatic hydroxyl groups excluding tert-OH is 1. The lowest BCUT2D eigenvalue weighted by Crippen LogP contribution is -2.31. The average molecular weight is 248 g/mol. The summed E-state index contributed by atoms with van der Waals surface area (Å²) >= 11 is 0. The Bertz CT molecular complexity index is 403. The fourth-order valence-corrected chi connectivity index (χ4v) is 2.25. The van der Waals surface area contributed by atoms with Gasteiger partial charge in [0.25, 0.3) is 0 Å². The number of benzene rings is 1. The Morgan fingerprint density at radius 3 is 2.78 bits per heavy atom. The second-order valence-electron chi connectivity index (χ2n) is 4.99. The molecule has 1 aromatic carbocycles. The van der Waals surface area contributed by atoms with Crippen LogP contribution in [0.25, 0.3) is 0 Å². The van der Waals surface area contributed by atoms with E-state index in [1.807, 2.05) is 31.2 Å². The maximum absolute atomic E-state index is 11.8. The van der Waals surface area contributed by atoms with Crippen molar-refractivity contribution < 1.29 is 9.90 Å². The predicted molar refractivity (Wildman–Crippen MR) is 71.4 cm³/mol. The maximum atomic E-state index is 11.8. The number of carbonyl (C=O) groups is 1. The van der Waals surface area contributed by atoms with E-state index in [4.69, 9.17) is 5.11 Å². The van der Waals surface area contributed by atoms with Gasteiger partial charge in [-0.25, -0.2) is 0 Å². The number of aliphatic hydroxyl groups is 1. The molecule has 0 aliphatic carbocycles. The number of hydrogen-bond donors (Lipinski definition) is 2. The topological polar surface area (TPSA) is 52.6 Å². The monoisotopic (exact) mass is 248 g/mol. The highest BCUT2D eigenvalue weighted by Crippen LogP contribution is 2.15. The summed E-state index contributed by atoms with van der Waals surface area (Å²) in [7, 11) is 0. The lowest BCUT2D eigenvalue weighted by molar-refractivity contribution is -0.117. The molecule has 1 saturated heterocycles. The number of nitrogens with zero attached hydrogens (tertiary/aromatic N) is 1. The van der Waals surface area contributed by atoms with E-state index in [1.165, 1.54) is 5.56 Å². The Morgan fingerprint density at radius 1 is 1.44 bits per heavy atom. The molecule has 1 atom stereocenters. The minimum absolute atomic E-state index is 0.0115. The third-order valence-corrected chi connectivity index (χ3v) is 3.33. The lowest BCUT2D eigenvalue weighted by atomic mass is 10.1. The zero-order valence-corrected chi connectivity index (χ0v) is 10.7. The van der Waals surface area contributed by atoms with Crippen LogP contribution in [0.2, 0.25) is 0 Å². The van der Waals surface area contributed by atoms with Gasteiger partial charge in [0.1, 0.15) is 0 Å². The first-order chi connectivity index (χ1) is 8.67. The predicted octanol–water partition coefficient (Wildman–Crippen LogP) is 1.25. The Labute approximate surface area is 108 Å². The first kappa shape index (κ1) is 13.1. The molecule has 0 aromatic heterocycles. The first-order valence-corrected chi connectivity index (χ1v) is 6.37. The molecule has 0 radical (unpaired) electrons. The van der Waals surface area contributed by atoms with Crippen molar-refractivity contribution in [3.05, 3.63) is 29.8 Å². The zero-order valence-electron chi connectivity index (χ0n) is 10.7. The molecule has 4 heteroatoms. The molecule has 98 valence electrons. The number of aryl methyl sites for hydroxylation is 1. The number of anilines is 1. The minimum atomic E-state index is 0.0115. The van der Waals surface area contributed by atoms with Gasteiger partial charge in [-0.3, -0.25) is 9.69 Å². The molecule has 18 heavy (non-hydrogen) atoms. The van der Waals surface area contributed by atoms with Gasteiger partial charge in [0.15, 0.2) is 0 Å². The van der Waals surface area contributed by atoms with Gasteiger partial charge in [-0.15, -0.1) is 0 Å². The Hall–Kier alpha value is -1.39. The lowest BCUT2D eigenvalue weighted by Gasteiger charge is -2.15. The third kappa shape index (κ3) is 3.55. The normalized spacial score (nSPS) is 20.0. The Kier molecular flexibility index (Phi) is 4.33. The van der Waals surface area contributed by atoms with Crippen molar-refractivity contribution in [3.63, 3.8) is 0 Å². The van der Waals surface area contributed by atoms with Crippen molar-refractivity contribution >= 4 is 11.6 Å². The number of carbonyl (C=O) groups excluding carboxylic acids is 1. The number of amides is 1. The molecule has 0 spiro atoms. The van der Waals surface area contributed by atoms with Crippen molar-refractivity contribution in [3.8, 4) is 0 Å². The summed E-state index contributed by atoms with van der Waals surface area (Å²) in [5.74, 6) is 0.342. The summed E-state index contributed by atoms with van der Waals surface area (Å²) in [5, 5.41) is 11.9. The molecule has 0 bridgehead atoms. The second kappa shape index (κ2) is 5.98. The number of likely N-dealkylation sites (tertiary alicyclic amines) is 1. The Balaban J connectivity index is 1.80. The van der Waals surface area contributed by atoms with E-state index in [0.717, 1.165) is 25.2 Å². The average Bonchev–Trinajstić information content (AvgIpc) is 2.79. The molecule has 1 fully saturated rings. The highest BCUT2D eigenvalue weighted by atomic mass is 16.3. The fraction of sp³-hybridized carbons (Fsp3) is 0.500. The highest BCUT2D eigenvalue weighted by molar-refractivity contribution is 5.92. The largest absolute Gasteiger partial charge is 0.396 e. The summed E-state index contributed by atoms with van der Waals surface area (Å²) in [6, 6.07) is 7.78.